The van der Waals surface area contributed by atoms with E-state index in [4.69, 9.17) is 23.7 Å². The first-order chi connectivity index (χ1) is 12.4. The summed E-state index contributed by atoms with van der Waals surface area (Å²) in [6, 6.07) is 9.77. The highest BCUT2D eigenvalue weighted by molar-refractivity contribution is 5.89. The molecule has 0 spiro atoms. The van der Waals surface area contributed by atoms with E-state index in [0.717, 1.165) is 5.56 Å². The van der Waals surface area contributed by atoms with E-state index in [1.165, 1.54) is 0 Å². The van der Waals surface area contributed by atoms with E-state index >= 15 is 0 Å². The lowest BCUT2D eigenvalue weighted by molar-refractivity contribution is -0.210. The summed E-state index contributed by atoms with van der Waals surface area (Å²) in [7, 11) is 1.60. The molecule has 2 fully saturated rings. The molecule has 0 amide bonds. The molecule has 0 aromatic heterocycles. The van der Waals surface area contributed by atoms with E-state index in [1.54, 1.807) is 20.1 Å². The van der Waals surface area contributed by atoms with E-state index < -0.39 is 18.2 Å². The van der Waals surface area contributed by atoms with Crippen molar-refractivity contribution in [1.29, 1.82) is 0 Å². The second-order valence-corrected chi connectivity index (χ2v) is 6.84. The number of ether oxygens (including phenoxy) is 5. The highest BCUT2D eigenvalue weighted by Crippen LogP contribution is 2.39. The Morgan fingerprint density at radius 1 is 1.23 bits per heavy atom. The maximum absolute atomic E-state index is 12.4. The number of methoxy groups -OCH3 is 1. The summed E-state index contributed by atoms with van der Waals surface area (Å²) in [5, 5.41) is 0. The van der Waals surface area contributed by atoms with Crippen LogP contribution in [0.3, 0.4) is 0 Å². The molecule has 6 heteroatoms. The van der Waals surface area contributed by atoms with Gasteiger partial charge in [0.15, 0.2) is 12.1 Å². The van der Waals surface area contributed by atoms with Crippen molar-refractivity contribution in [3.8, 4) is 0 Å². The maximum atomic E-state index is 12.4. The fourth-order valence-corrected chi connectivity index (χ4v) is 3.34. The van der Waals surface area contributed by atoms with E-state index in [-0.39, 0.29) is 18.2 Å². The Balaban J connectivity index is 1.81. The number of carbonyl (C=O) groups excluding carboxylic acids is 1. The van der Waals surface area contributed by atoms with E-state index in [1.807, 2.05) is 44.2 Å². The Bertz CT molecular complexity index is 654. The molecule has 0 unspecified atom stereocenters. The number of hydrogen-bond donors (Lipinski definition) is 0. The van der Waals surface area contributed by atoms with Crippen molar-refractivity contribution < 1.29 is 28.5 Å². The van der Waals surface area contributed by atoms with Gasteiger partial charge in [-0.15, -0.1) is 0 Å². The Labute approximate surface area is 154 Å². The third-order valence-electron chi connectivity index (χ3n) is 4.44. The molecule has 6 nitrogen and oxygen atoms in total. The van der Waals surface area contributed by atoms with Crippen LogP contribution in [0.15, 0.2) is 42.0 Å². The van der Waals surface area contributed by atoms with Crippen LogP contribution < -0.4 is 0 Å². The minimum atomic E-state index is -0.713. The van der Waals surface area contributed by atoms with Crippen LogP contribution in [0.25, 0.3) is 0 Å². The molecule has 4 atom stereocenters. The second kappa shape index (κ2) is 7.88. The lowest BCUT2D eigenvalue weighted by Gasteiger charge is -2.24. The van der Waals surface area contributed by atoms with Gasteiger partial charge >= 0.3 is 5.97 Å². The number of carbonyl (C=O) groups is 1. The van der Waals surface area contributed by atoms with Crippen LogP contribution in [-0.4, -0.2) is 50.1 Å². The monoisotopic (exact) mass is 362 g/mol. The Hall–Kier alpha value is -1.73. The normalized spacial score (nSPS) is 30.2. The topological polar surface area (TPSA) is 63.2 Å². The van der Waals surface area contributed by atoms with Gasteiger partial charge in [-0.1, -0.05) is 30.3 Å². The van der Waals surface area contributed by atoms with Gasteiger partial charge in [0.05, 0.1) is 6.61 Å². The molecule has 2 aliphatic rings. The predicted molar refractivity (Wildman–Crippen MR) is 94.4 cm³/mol. The smallest absolute Gasteiger partial charge is 0.334 e. The standard InChI is InChI=1S/C20H26O6/c1-5-23-18(21)14(11-13-9-7-6-8-10-13)12-15-16(22-4)17-19(24-15)26-20(2,3)25-17/h6-10,12,15-17,19H,5,11H2,1-4H3/b14-12+/t15-,16+,17-,19-/m1/s1. The Morgan fingerprint density at radius 2 is 1.96 bits per heavy atom. The second-order valence-electron chi connectivity index (χ2n) is 6.84. The van der Waals surface area contributed by atoms with Crippen LogP contribution in [0.2, 0.25) is 0 Å². The SMILES string of the molecule is CCOC(=O)/C(=C/[C@H]1O[C@@H]2OC(C)(C)O[C@@H]2[C@H]1OC)Cc1ccccc1. The average molecular weight is 362 g/mol. The zero-order chi connectivity index (χ0) is 18.7. The quantitative estimate of drug-likeness (QED) is 0.573. The molecule has 3 rings (SSSR count). The van der Waals surface area contributed by atoms with Gasteiger partial charge in [0, 0.05) is 19.1 Å². The molecule has 0 N–H and O–H groups in total. The summed E-state index contributed by atoms with van der Waals surface area (Å²) in [5.74, 6) is -1.07. The van der Waals surface area contributed by atoms with E-state index in [0.29, 0.717) is 18.6 Å². The zero-order valence-electron chi connectivity index (χ0n) is 15.6. The fourth-order valence-electron chi connectivity index (χ4n) is 3.34. The number of fused-ring (bicyclic) bond motifs is 1. The van der Waals surface area contributed by atoms with E-state index in [2.05, 4.69) is 0 Å². The van der Waals surface area contributed by atoms with Gasteiger partial charge in [0.2, 0.25) is 0 Å². The molecule has 2 saturated heterocycles. The molecule has 1 aromatic carbocycles. The van der Waals surface area contributed by atoms with Gasteiger partial charge in [0.25, 0.3) is 0 Å². The lowest BCUT2D eigenvalue weighted by atomic mass is 10.0. The van der Waals surface area contributed by atoms with Crippen molar-refractivity contribution in [2.75, 3.05) is 13.7 Å². The van der Waals surface area contributed by atoms with Gasteiger partial charge < -0.3 is 23.7 Å². The molecule has 142 valence electrons. The molecule has 26 heavy (non-hydrogen) atoms. The van der Waals surface area contributed by atoms with Gasteiger partial charge in [-0.2, -0.15) is 0 Å². The summed E-state index contributed by atoms with van der Waals surface area (Å²) in [4.78, 5) is 12.4. The van der Waals surface area contributed by atoms with Gasteiger partial charge in [-0.05, 0) is 32.4 Å². The zero-order valence-corrected chi connectivity index (χ0v) is 15.6. The van der Waals surface area contributed by atoms with Crippen LogP contribution >= 0.6 is 0 Å². The molecule has 0 saturated carbocycles. The van der Waals surface area contributed by atoms with Gasteiger partial charge in [0.1, 0.15) is 18.3 Å². The number of benzene rings is 1. The first-order valence-corrected chi connectivity index (χ1v) is 8.89. The third-order valence-corrected chi connectivity index (χ3v) is 4.44. The maximum Gasteiger partial charge on any atom is 0.334 e. The van der Waals surface area contributed by atoms with E-state index in [9.17, 15) is 4.79 Å². The Kier molecular flexibility index (Phi) is 5.77. The summed E-state index contributed by atoms with van der Waals surface area (Å²) in [5.41, 5.74) is 1.55. The molecule has 0 aliphatic carbocycles. The molecule has 0 radical (unpaired) electrons. The number of hydrogen-bond acceptors (Lipinski definition) is 6. The Morgan fingerprint density at radius 3 is 2.62 bits per heavy atom. The van der Waals surface area contributed by atoms with Gasteiger partial charge in [-0.3, -0.25) is 0 Å². The highest BCUT2D eigenvalue weighted by Gasteiger charge is 2.54. The average Bonchev–Trinajstić information content (AvgIpc) is 3.06. The lowest BCUT2D eigenvalue weighted by Crippen LogP contribution is -2.35. The van der Waals surface area contributed by atoms with Crippen molar-refractivity contribution in [1.82, 2.24) is 0 Å². The van der Waals surface area contributed by atoms with Crippen LogP contribution in [0, 0.1) is 0 Å². The van der Waals surface area contributed by atoms with Crippen LogP contribution in [0.4, 0.5) is 0 Å². The summed E-state index contributed by atoms with van der Waals surface area (Å²) in [6.07, 6.45) is 0.569. The number of rotatable bonds is 6. The van der Waals surface area contributed by atoms with Gasteiger partial charge in [-0.25, -0.2) is 4.79 Å². The van der Waals surface area contributed by atoms with Crippen molar-refractivity contribution in [2.24, 2.45) is 0 Å². The van der Waals surface area contributed by atoms with Crippen molar-refractivity contribution in [2.45, 2.75) is 57.6 Å². The molecule has 2 aliphatic heterocycles. The van der Waals surface area contributed by atoms with Crippen LogP contribution in [0.1, 0.15) is 26.3 Å². The van der Waals surface area contributed by atoms with Crippen molar-refractivity contribution >= 4 is 5.97 Å². The first kappa shape index (κ1) is 19.0. The summed E-state index contributed by atoms with van der Waals surface area (Å²) >= 11 is 0. The molecule has 0 bridgehead atoms. The summed E-state index contributed by atoms with van der Waals surface area (Å²) < 4.78 is 28.4. The molecular formula is C20H26O6. The highest BCUT2D eigenvalue weighted by atomic mass is 16.8. The fraction of sp³-hybridized carbons (Fsp3) is 0.550. The van der Waals surface area contributed by atoms with Crippen molar-refractivity contribution in [3.63, 3.8) is 0 Å². The minimum Gasteiger partial charge on any atom is -0.463 e. The van der Waals surface area contributed by atoms with Crippen LogP contribution in [0.5, 0.6) is 0 Å². The third kappa shape index (κ3) is 4.15. The first-order valence-electron chi connectivity index (χ1n) is 8.89. The predicted octanol–water partition coefficient (Wildman–Crippen LogP) is 2.61. The molecule has 1 aromatic rings. The largest absolute Gasteiger partial charge is 0.463 e. The van der Waals surface area contributed by atoms with Crippen LogP contribution in [-0.2, 0) is 34.9 Å². The number of esters is 1. The van der Waals surface area contributed by atoms with Crippen molar-refractivity contribution in [3.05, 3.63) is 47.5 Å². The molecule has 2 heterocycles. The summed E-state index contributed by atoms with van der Waals surface area (Å²) in [6.45, 7) is 5.78. The molecular weight excluding hydrogens is 336 g/mol. The minimum absolute atomic E-state index is 0.315.